The molecule has 1 aromatic heterocycles. The highest BCUT2D eigenvalue weighted by Gasteiger charge is 2.14. The molecule has 0 saturated carbocycles. The van der Waals surface area contributed by atoms with Crippen molar-refractivity contribution in [2.45, 2.75) is 19.4 Å². The lowest BCUT2D eigenvalue weighted by molar-refractivity contribution is 0.386. The predicted molar refractivity (Wildman–Crippen MR) is 77.5 cm³/mol. The largest absolute Gasteiger partial charge is 0.494 e. The van der Waals surface area contributed by atoms with Gasteiger partial charge in [0.1, 0.15) is 0 Å². The van der Waals surface area contributed by atoms with Crippen molar-refractivity contribution in [2.75, 3.05) is 14.2 Å². The Labute approximate surface area is 117 Å². The SMILES string of the molecule is CNC(Cc1ccc(OC)c(F)c1)c1cscc1C. The molecule has 0 fully saturated rings. The number of nitrogens with one attached hydrogen (secondary N) is 1. The summed E-state index contributed by atoms with van der Waals surface area (Å²) >= 11 is 1.70. The predicted octanol–water partition coefficient (Wildman–Crippen LogP) is 3.71. The highest BCUT2D eigenvalue weighted by Crippen LogP contribution is 2.26. The molecule has 1 unspecified atom stereocenters. The maximum absolute atomic E-state index is 13.7. The van der Waals surface area contributed by atoms with Gasteiger partial charge in [-0.3, -0.25) is 0 Å². The number of ether oxygens (including phenoxy) is 1. The lowest BCUT2D eigenvalue weighted by atomic mass is 9.98. The minimum Gasteiger partial charge on any atom is -0.494 e. The molecule has 1 heterocycles. The molecule has 1 atom stereocenters. The summed E-state index contributed by atoms with van der Waals surface area (Å²) in [5.41, 5.74) is 3.52. The van der Waals surface area contributed by atoms with Gasteiger partial charge in [-0.2, -0.15) is 11.3 Å². The van der Waals surface area contributed by atoms with Crippen molar-refractivity contribution in [2.24, 2.45) is 0 Å². The number of thiophene rings is 1. The first kappa shape index (κ1) is 14.0. The van der Waals surface area contributed by atoms with Gasteiger partial charge >= 0.3 is 0 Å². The zero-order valence-electron chi connectivity index (χ0n) is 11.4. The molecule has 0 aliphatic rings. The Kier molecular flexibility index (Phi) is 4.56. The van der Waals surface area contributed by atoms with Gasteiger partial charge < -0.3 is 10.1 Å². The molecule has 2 rings (SSSR count). The molecule has 0 spiro atoms. The van der Waals surface area contributed by atoms with Crippen molar-refractivity contribution in [1.29, 1.82) is 0 Å². The van der Waals surface area contributed by atoms with Gasteiger partial charge in [0.15, 0.2) is 11.6 Å². The molecule has 0 radical (unpaired) electrons. The Hall–Kier alpha value is -1.39. The van der Waals surface area contributed by atoms with Crippen LogP contribution in [0.3, 0.4) is 0 Å². The molecule has 4 heteroatoms. The van der Waals surface area contributed by atoms with Crippen molar-refractivity contribution < 1.29 is 9.13 Å². The van der Waals surface area contributed by atoms with Crippen molar-refractivity contribution in [3.63, 3.8) is 0 Å². The second kappa shape index (κ2) is 6.17. The second-order valence-corrected chi connectivity index (χ2v) is 5.27. The highest BCUT2D eigenvalue weighted by molar-refractivity contribution is 7.08. The molecule has 0 aliphatic carbocycles. The topological polar surface area (TPSA) is 21.3 Å². The first-order valence-corrected chi connectivity index (χ1v) is 7.12. The first-order valence-electron chi connectivity index (χ1n) is 6.18. The normalized spacial score (nSPS) is 12.4. The van der Waals surface area contributed by atoms with Gasteiger partial charge in [0.2, 0.25) is 0 Å². The maximum atomic E-state index is 13.7. The third-order valence-electron chi connectivity index (χ3n) is 3.28. The van der Waals surface area contributed by atoms with E-state index < -0.39 is 0 Å². The molecule has 1 N–H and O–H groups in total. The molecule has 2 aromatic rings. The van der Waals surface area contributed by atoms with Crippen LogP contribution < -0.4 is 10.1 Å². The molecule has 102 valence electrons. The van der Waals surface area contributed by atoms with Crippen molar-refractivity contribution in [1.82, 2.24) is 5.32 Å². The Morgan fingerprint density at radius 1 is 1.37 bits per heavy atom. The summed E-state index contributed by atoms with van der Waals surface area (Å²) in [6.45, 7) is 2.10. The molecule has 2 nitrogen and oxygen atoms in total. The number of likely N-dealkylation sites (N-methyl/N-ethyl adjacent to an activating group) is 1. The smallest absolute Gasteiger partial charge is 0.165 e. The van der Waals surface area contributed by atoms with Crippen LogP contribution in [0.5, 0.6) is 5.75 Å². The fourth-order valence-electron chi connectivity index (χ4n) is 2.17. The lowest BCUT2D eigenvalue weighted by Gasteiger charge is -2.17. The molecule has 1 aromatic carbocycles. The highest BCUT2D eigenvalue weighted by atomic mass is 32.1. The molecular formula is C15H18FNOS. The summed E-state index contributed by atoms with van der Waals surface area (Å²) in [6.07, 6.45) is 0.759. The molecule has 0 bridgehead atoms. The van der Waals surface area contributed by atoms with Crippen LogP contribution in [0.15, 0.2) is 29.0 Å². The summed E-state index contributed by atoms with van der Waals surface area (Å²) in [5, 5.41) is 7.58. The molecule has 0 amide bonds. The van der Waals surface area contributed by atoms with Crippen LogP contribution in [0.2, 0.25) is 0 Å². The van der Waals surface area contributed by atoms with Crippen LogP contribution in [0.1, 0.15) is 22.7 Å². The van der Waals surface area contributed by atoms with E-state index in [1.54, 1.807) is 23.5 Å². The van der Waals surface area contributed by atoms with Gasteiger partial charge in [-0.05, 0) is 60.0 Å². The number of rotatable bonds is 5. The first-order chi connectivity index (χ1) is 9.15. The van der Waals surface area contributed by atoms with Crippen LogP contribution in [-0.2, 0) is 6.42 Å². The summed E-state index contributed by atoms with van der Waals surface area (Å²) < 4.78 is 18.6. The van der Waals surface area contributed by atoms with Crippen LogP contribution in [0.4, 0.5) is 4.39 Å². The molecular weight excluding hydrogens is 261 g/mol. The van der Waals surface area contributed by atoms with E-state index in [0.29, 0.717) is 0 Å². The lowest BCUT2D eigenvalue weighted by Crippen LogP contribution is -2.19. The zero-order chi connectivity index (χ0) is 13.8. The van der Waals surface area contributed by atoms with E-state index in [-0.39, 0.29) is 17.6 Å². The third-order valence-corrected chi connectivity index (χ3v) is 4.15. The van der Waals surface area contributed by atoms with Crippen molar-refractivity contribution in [3.05, 3.63) is 51.5 Å². The van der Waals surface area contributed by atoms with Crippen LogP contribution in [0, 0.1) is 12.7 Å². The van der Waals surface area contributed by atoms with Gasteiger partial charge in [0.25, 0.3) is 0 Å². The van der Waals surface area contributed by atoms with E-state index >= 15 is 0 Å². The Morgan fingerprint density at radius 3 is 2.68 bits per heavy atom. The van der Waals surface area contributed by atoms with Crippen molar-refractivity contribution >= 4 is 11.3 Å². The van der Waals surface area contributed by atoms with E-state index in [1.165, 1.54) is 18.2 Å². The fourth-order valence-corrected chi connectivity index (χ4v) is 3.07. The number of hydrogen-bond acceptors (Lipinski definition) is 3. The van der Waals surface area contributed by atoms with E-state index in [9.17, 15) is 4.39 Å². The summed E-state index contributed by atoms with van der Waals surface area (Å²) in [4.78, 5) is 0. The van der Waals surface area contributed by atoms with E-state index in [1.807, 2.05) is 13.1 Å². The molecule has 0 saturated heterocycles. The number of benzene rings is 1. The summed E-state index contributed by atoms with van der Waals surface area (Å²) in [5.74, 6) is -0.0200. The van der Waals surface area contributed by atoms with Crippen molar-refractivity contribution in [3.8, 4) is 5.75 Å². The van der Waals surface area contributed by atoms with E-state index in [4.69, 9.17) is 4.74 Å². The third kappa shape index (κ3) is 3.14. The zero-order valence-corrected chi connectivity index (χ0v) is 12.2. The van der Waals surface area contributed by atoms with E-state index in [2.05, 4.69) is 23.0 Å². The average Bonchev–Trinajstić information content (AvgIpc) is 2.82. The van der Waals surface area contributed by atoms with Crippen LogP contribution >= 0.6 is 11.3 Å². The van der Waals surface area contributed by atoms with Gasteiger partial charge in [-0.15, -0.1) is 0 Å². The number of methoxy groups -OCH3 is 1. The van der Waals surface area contributed by atoms with Gasteiger partial charge in [-0.25, -0.2) is 4.39 Å². The quantitative estimate of drug-likeness (QED) is 0.901. The Bertz CT molecular complexity index is 553. The summed E-state index contributed by atoms with van der Waals surface area (Å²) in [6, 6.07) is 5.34. The average molecular weight is 279 g/mol. The minimum absolute atomic E-state index is 0.207. The minimum atomic E-state index is -0.308. The Balaban J connectivity index is 2.19. The standard InChI is InChI=1S/C15H18FNOS/c1-10-8-19-9-12(10)14(17-2)7-11-4-5-15(18-3)13(16)6-11/h4-6,8-9,14,17H,7H2,1-3H3. The number of aryl methyl sites for hydroxylation is 1. The monoisotopic (exact) mass is 279 g/mol. The molecule has 0 aliphatic heterocycles. The van der Waals surface area contributed by atoms with E-state index in [0.717, 1.165) is 12.0 Å². The molecule has 19 heavy (non-hydrogen) atoms. The van der Waals surface area contributed by atoms with Gasteiger partial charge in [0.05, 0.1) is 7.11 Å². The number of hydrogen-bond donors (Lipinski definition) is 1. The maximum Gasteiger partial charge on any atom is 0.165 e. The van der Waals surface area contributed by atoms with Crippen LogP contribution in [0.25, 0.3) is 0 Å². The van der Waals surface area contributed by atoms with Gasteiger partial charge in [-0.1, -0.05) is 6.07 Å². The van der Waals surface area contributed by atoms with Crippen LogP contribution in [-0.4, -0.2) is 14.2 Å². The summed E-state index contributed by atoms with van der Waals surface area (Å²) in [7, 11) is 3.41. The second-order valence-electron chi connectivity index (χ2n) is 4.52. The fraction of sp³-hybridized carbons (Fsp3) is 0.333. The number of halogens is 1. The Morgan fingerprint density at radius 2 is 2.16 bits per heavy atom. The van der Waals surface area contributed by atoms with Gasteiger partial charge in [0, 0.05) is 6.04 Å².